The summed E-state index contributed by atoms with van der Waals surface area (Å²) in [6.45, 7) is 0.151. The molecule has 4 nitrogen and oxygen atoms in total. The highest BCUT2D eigenvalue weighted by molar-refractivity contribution is 5.79. The number of fused-ring (bicyclic) bond motifs is 3. The lowest BCUT2D eigenvalue weighted by Gasteiger charge is -2.35. The summed E-state index contributed by atoms with van der Waals surface area (Å²) in [6.07, 6.45) is -0.178. The molecule has 1 amide bonds. The van der Waals surface area contributed by atoms with E-state index in [4.69, 9.17) is 10.5 Å². The van der Waals surface area contributed by atoms with Gasteiger partial charge in [0.2, 0.25) is 0 Å². The first-order chi connectivity index (χ1) is 13.0. The predicted octanol–water partition coefficient (Wildman–Crippen LogP) is 4.04. The Morgan fingerprint density at radius 1 is 1.11 bits per heavy atom. The summed E-state index contributed by atoms with van der Waals surface area (Å²) < 4.78 is 32.9. The van der Waals surface area contributed by atoms with Crippen LogP contribution in [0.2, 0.25) is 0 Å². The molecule has 2 aromatic carbocycles. The molecule has 0 saturated heterocycles. The van der Waals surface area contributed by atoms with E-state index in [1.54, 1.807) is 0 Å². The Balaban J connectivity index is 1.44. The predicted molar refractivity (Wildman–Crippen MR) is 98.8 cm³/mol. The Bertz CT molecular complexity index is 810. The number of benzene rings is 2. The Hall–Kier alpha value is -2.47. The number of hydrogen-bond donors (Lipinski definition) is 2. The molecule has 2 atom stereocenters. The van der Waals surface area contributed by atoms with E-state index in [0.29, 0.717) is 12.8 Å². The third-order valence-electron chi connectivity index (χ3n) is 5.59. The van der Waals surface area contributed by atoms with E-state index in [9.17, 15) is 13.6 Å². The number of nitrogens with two attached hydrogens (primary N) is 1. The van der Waals surface area contributed by atoms with Gasteiger partial charge in [-0.05, 0) is 35.1 Å². The molecule has 0 radical (unpaired) electrons. The molecule has 27 heavy (non-hydrogen) atoms. The van der Waals surface area contributed by atoms with Crippen molar-refractivity contribution in [3.63, 3.8) is 0 Å². The highest BCUT2D eigenvalue weighted by atomic mass is 19.3. The second kappa shape index (κ2) is 6.93. The van der Waals surface area contributed by atoms with E-state index >= 15 is 0 Å². The van der Waals surface area contributed by atoms with Gasteiger partial charge in [-0.25, -0.2) is 13.6 Å². The highest BCUT2D eigenvalue weighted by Gasteiger charge is 2.45. The molecule has 0 spiro atoms. The van der Waals surface area contributed by atoms with Crippen LogP contribution in [0.5, 0.6) is 0 Å². The van der Waals surface area contributed by atoms with Gasteiger partial charge in [-0.15, -0.1) is 0 Å². The number of hydrogen-bond acceptors (Lipinski definition) is 3. The van der Waals surface area contributed by atoms with Crippen LogP contribution in [0.15, 0.2) is 48.5 Å². The normalized spacial score (nSPS) is 23.4. The summed E-state index contributed by atoms with van der Waals surface area (Å²) in [5.74, 6) is -3.02. The fourth-order valence-electron chi connectivity index (χ4n) is 4.15. The second-order valence-electron chi connectivity index (χ2n) is 7.26. The van der Waals surface area contributed by atoms with Crippen LogP contribution in [-0.2, 0) is 4.74 Å². The van der Waals surface area contributed by atoms with Gasteiger partial charge in [0, 0.05) is 12.3 Å². The van der Waals surface area contributed by atoms with Crippen LogP contribution in [0.4, 0.5) is 13.6 Å². The molecule has 0 bridgehead atoms. The largest absolute Gasteiger partial charge is 0.449 e. The fourth-order valence-corrected chi connectivity index (χ4v) is 4.15. The van der Waals surface area contributed by atoms with Crippen LogP contribution in [0, 0.1) is 0 Å². The zero-order valence-electron chi connectivity index (χ0n) is 14.8. The number of ether oxygens (including phenoxy) is 1. The zero-order chi connectivity index (χ0) is 19.0. The number of alkyl halides is 2. The molecule has 0 unspecified atom stereocenters. The van der Waals surface area contributed by atoms with Crippen molar-refractivity contribution in [2.45, 2.75) is 43.2 Å². The standard InChI is InChI=1S/C21H22F2N2O2/c22-21(23)11-5-10-18(19(21)24)25-20(26)27-12-17-15-8-3-1-6-13(15)14-7-2-4-9-16(14)17/h1-4,6-9,17-19H,5,10-12,24H2,(H,25,26)/t18-,19+/m0/s1. The van der Waals surface area contributed by atoms with Gasteiger partial charge in [-0.2, -0.15) is 0 Å². The Labute approximate surface area is 156 Å². The number of carbonyl (C=O) groups is 1. The van der Waals surface area contributed by atoms with Gasteiger partial charge in [0.05, 0.1) is 12.1 Å². The summed E-state index contributed by atoms with van der Waals surface area (Å²) in [5.41, 5.74) is 10.1. The highest BCUT2D eigenvalue weighted by Crippen LogP contribution is 2.44. The monoisotopic (exact) mass is 372 g/mol. The molecule has 1 saturated carbocycles. The number of alkyl carbamates (subject to hydrolysis) is 1. The van der Waals surface area contributed by atoms with Crippen molar-refractivity contribution >= 4 is 6.09 Å². The lowest BCUT2D eigenvalue weighted by molar-refractivity contribution is -0.0620. The summed E-state index contributed by atoms with van der Waals surface area (Å²) in [4.78, 5) is 12.2. The van der Waals surface area contributed by atoms with E-state index < -0.39 is 24.1 Å². The lowest BCUT2D eigenvalue weighted by Crippen LogP contribution is -2.58. The molecule has 2 aromatic rings. The fraction of sp³-hybridized carbons (Fsp3) is 0.381. The number of rotatable bonds is 3. The molecular weight excluding hydrogens is 350 g/mol. The van der Waals surface area contributed by atoms with Crippen LogP contribution < -0.4 is 11.1 Å². The van der Waals surface area contributed by atoms with Crippen LogP contribution in [0.3, 0.4) is 0 Å². The molecule has 4 rings (SSSR count). The Morgan fingerprint density at radius 3 is 2.33 bits per heavy atom. The van der Waals surface area contributed by atoms with Gasteiger partial charge in [0.25, 0.3) is 5.92 Å². The quantitative estimate of drug-likeness (QED) is 0.855. The first-order valence-corrected chi connectivity index (χ1v) is 9.22. The SMILES string of the molecule is N[C@@H]1[C@@H](NC(=O)OCC2c3ccccc3-c3ccccc32)CCCC1(F)F. The number of amides is 1. The molecule has 0 aromatic heterocycles. The van der Waals surface area contributed by atoms with Gasteiger partial charge < -0.3 is 15.8 Å². The van der Waals surface area contributed by atoms with Crippen LogP contribution in [0.25, 0.3) is 11.1 Å². The van der Waals surface area contributed by atoms with E-state index in [0.717, 1.165) is 22.3 Å². The summed E-state index contributed by atoms with van der Waals surface area (Å²) >= 11 is 0. The van der Waals surface area contributed by atoms with E-state index in [1.807, 2.05) is 36.4 Å². The molecule has 0 aliphatic heterocycles. The maximum absolute atomic E-state index is 13.7. The van der Waals surface area contributed by atoms with Crippen molar-refractivity contribution < 1.29 is 18.3 Å². The minimum Gasteiger partial charge on any atom is -0.449 e. The molecule has 0 heterocycles. The third-order valence-corrected chi connectivity index (χ3v) is 5.59. The van der Waals surface area contributed by atoms with Gasteiger partial charge in [0.15, 0.2) is 0 Å². The third kappa shape index (κ3) is 3.30. The van der Waals surface area contributed by atoms with Gasteiger partial charge >= 0.3 is 6.09 Å². The summed E-state index contributed by atoms with van der Waals surface area (Å²) in [5, 5.41) is 2.53. The van der Waals surface area contributed by atoms with Crippen molar-refractivity contribution in [1.82, 2.24) is 5.32 Å². The average molecular weight is 372 g/mol. The lowest BCUT2D eigenvalue weighted by atomic mass is 9.88. The zero-order valence-corrected chi connectivity index (χ0v) is 14.8. The van der Waals surface area contributed by atoms with Gasteiger partial charge in [-0.3, -0.25) is 0 Å². The molecular formula is C21H22F2N2O2. The van der Waals surface area contributed by atoms with E-state index in [2.05, 4.69) is 17.4 Å². The van der Waals surface area contributed by atoms with Crippen molar-refractivity contribution in [2.24, 2.45) is 5.73 Å². The number of nitrogens with one attached hydrogen (secondary N) is 1. The maximum Gasteiger partial charge on any atom is 0.407 e. The Kier molecular flexibility index (Phi) is 4.60. The summed E-state index contributed by atoms with van der Waals surface area (Å²) in [7, 11) is 0. The van der Waals surface area contributed by atoms with Crippen molar-refractivity contribution in [1.29, 1.82) is 0 Å². The maximum atomic E-state index is 13.7. The molecule has 3 N–H and O–H groups in total. The van der Waals surface area contributed by atoms with Crippen LogP contribution >= 0.6 is 0 Å². The van der Waals surface area contributed by atoms with Crippen LogP contribution in [0.1, 0.15) is 36.3 Å². The average Bonchev–Trinajstić information content (AvgIpc) is 2.98. The van der Waals surface area contributed by atoms with Gasteiger partial charge in [-0.1, -0.05) is 48.5 Å². The van der Waals surface area contributed by atoms with Crippen molar-refractivity contribution in [2.75, 3.05) is 6.61 Å². The van der Waals surface area contributed by atoms with Crippen LogP contribution in [-0.4, -0.2) is 30.7 Å². The van der Waals surface area contributed by atoms with Crippen molar-refractivity contribution in [3.05, 3.63) is 59.7 Å². The molecule has 6 heteroatoms. The second-order valence-corrected chi connectivity index (χ2v) is 7.26. The number of carbonyl (C=O) groups excluding carboxylic acids is 1. The molecule has 2 aliphatic carbocycles. The minimum absolute atomic E-state index is 0.0652. The minimum atomic E-state index is -2.96. The van der Waals surface area contributed by atoms with E-state index in [-0.39, 0.29) is 18.9 Å². The first-order valence-electron chi connectivity index (χ1n) is 9.22. The first kappa shape index (κ1) is 17.9. The van der Waals surface area contributed by atoms with Gasteiger partial charge in [0.1, 0.15) is 6.61 Å². The summed E-state index contributed by atoms with van der Waals surface area (Å²) in [6, 6.07) is 13.9. The Morgan fingerprint density at radius 2 is 1.70 bits per heavy atom. The number of halogens is 2. The van der Waals surface area contributed by atoms with Crippen molar-refractivity contribution in [3.8, 4) is 11.1 Å². The molecule has 142 valence electrons. The smallest absolute Gasteiger partial charge is 0.407 e. The topological polar surface area (TPSA) is 64.3 Å². The van der Waals surface area contributed by atoms with E-state index in [1.165, 1.54) is 0 Å². The molecule has 1 fully saturated rings. The molecule has 2 aliphatic rings.